The number of β-amino-alcohol motifs (C(OH)–C–C–N with tert-alkyl or cyclic N) is 1. The van der Waals surface area contributed by atoms with Crippen molar-refractivity contribution in [2.45, 2.75) is 37.2 Å². The first-order valence-electron chi connectivity index (χ1n) is 10.8. The number of ether oxygens (including phenoxy) is 2. The summed E-state index contributed by atoms with van der Waals surface area (Å²) in [7, 11) is 0. The third kappa shape index (κ3) is 4.09. The molecule has 3 aliphatic heterocycles. The maximum atomic E-state index is 10.8. The van der Waals surface area contributed by atoms with Gasteiger partial charge in [0.15, 0.2) is 11.5 Å². The highest BCUT2D eigenvalue weighted by Crippen LogP contribution is 2.28. The number of anilines is 1. The second kappa shape index (κ2) is 8.14. The Bertz CT molecular complexity index is 821. The first-order chi connectivity index (χ1) is 14.2. The van der Waals surface area contributed by atoms with Crippen LogP contribution in [0.25, 0.3) is 5.65 Å². The summed E-state index contributed by atoms with van der Waals surface area (Å²) in [6.07, 6.45) is 4.42. The molecule has 0 saturated carbocycles. The molecule has 0 aromatic carbocycles. The topological polar surface area (TPSA) is 88.2 Å². The molecule has 0 atom stereocenters. The predicted molar refractivity (Wildman–Crippen MR) is 107 cm³/mol. The standard InChI is InChI=1S/C20H30N6O3/c27-20(14-28-11-12-29-15-20)13-24-9-5-16(6-10-24)19-22-21-17-3-4-18(23-26(17)19)25-7-1-2-8-25/h3-4,16,27H,1-2,5-15H2. The molecule has 0 bridgehead atoms. The van der Waals surface area contributed by atoms with Crippen molar-refractivity contribution in [2.75, 3.05) is 64.1 Å². The molecule has 29 heavy (non-hydrogen) atoms. The highest BCUT2D eigenvalue weighted by Gasteiger charge is 2.34. The van der Waals surface area contributed by atoms with Gasteiger partial charge in [-0.2, -0.15) is 4.52 Å². The quantitative estimate of drug-likeness (QED) is 0.799. The van der Waals surface area contributed by atoms with Crippen LogP contribution in [0.2, 0.25) is 0 Å². The second-order valence-electron chi connectivity index (χ2n) is 8.59. The Hall–Kier alpha value is -1.81. The van der Waals surface area contributed by atoms with Crippen LogP contribution in [-0.4, -0.2) is 94.6 Å². The zero-order valence-corrected chi connectivity index (χ0v) is 16.9. The molecule has 9 heteroatoms. The molecule has 3 aliphatic rings. The maximum Gasteiger partial charge on any atom is 0.178 e. The lowest BCUT2D eigenvalue weighted by molar-refractivity contribution is -0.0768. The lowest BCUT2D eigenvalue weighted by atomic mass is 9.94. The molecule has 1 N–H and O–H groups in total. The minimum absolute atomic E-state index is 0.332. The van der Waals surface area contributed by atoms with E-state index >= 15 is 0 Å². The van der Waals surface area contributed by atoms with E-state index in [1.54, 1.807) is 0 Å². The molecule has 0 spiro atoms. The molecular weight excluding hydrogens is 372 g/mol. The van der Waals surface area contributed by atoms with E-state index in [-0.39, 0.29) is 0 Å². The number of fused-ring (bicyclic) bond motifs is 1. The molecular formula is C20H30N6O3. The average Bonchev–Trinajstić information content (AvgIpc) is 3.36. The zero-order valence-electron chi connectivity index (χ0n) is 16.9. The molecule has 9 nitrogen and oxygen atoms in total. The van der Waals surface area contributed by atoms with Crippen molar-refractivity contribution in [3.05, 3.63) is 18.0 Å². The molecule has 0 aliphatic carbocycles. The van der Waals surface area contributed by atoms with E-state index in [9.17, 15) is 5.11 Å². The Kier molecular flexibility index (Phi) is 5.38. The lowest BCUT2D eigenvalue weighted by Gasteiger charge is -2.36. The number of likely N-dealkylation sites (tertiary alicyclic amines) is 1. The monoisotopic (exact) mass is 402 g/mol. The van der Waals surface area contributed by atoms with Crippen molar-refractivity contribution in [1.29, 1.82) is 0 Å². The van der Waals surface area contributed by atoms with Crippen molar-refractivity contribution in [1.82, 2.24) is 24.7 Å². The van der Waals surface area contributed by atoms with E-state index in [1.165, 1.54) is 12.8 Å². The lowest BCUT2D eigenvalue weighted by Crippen LogP contribution is -2.50. The number of aliphatic hydroxyl groups is 1. The van der Waals surface area contributed by atoms with E-state index < -0.39 is 5.60 Å². The van der Waals surface area contributed by atoms with Crippen LogP contribution < -0.4 is 4.90 Å². The molecule has 2 aromatic heterocycles. The van der Waals surface area contributed by atoms with Crippen LogP contribution in [0, 0.1) is 0 Å². The third-order valence-electron chi connectivity index (χ3n) is 6.29. The Morgan fingerprint density at radius 1 is 1.00 bits per heavy atom. The van der Waals surface area contributed by atoms with Gasteiger partial charge in [0.25, 0.3) is 0 Å². The van der Waals surface area contributed by atoms with Gasteiger partial charge in [-0.25, -0.2) is 0 Å². The van der Waals surface area contributed by atoms with Crippen molar-refractivity contribution in [3.8, 4) is 0 Å². The Balaban J connectivity index is 1.25. The van der Waals surface area contributed by atoms with Crippen LogP contribution >= 0.6 is 0 Å². The van der Waals surface area contributed by atoms with Crippen molar-refractivity contribution in [2.24, 2.45) is 0 Å². The maximum absolute atomic E-state index is 10.8. The fraction of sp³-hybridized carbons (Fsp3) is 0.750. The van der Waals surface area contributed by atoms with Crippen molar-refractivity contribution >= 4 is 11.5 Å². The van der Waals surface area contributed by atoms with Gasteiger partial charge >= 0.3 is 0 Å². The number of piperidine rings is 1. The zero-order chi connectivity index (χ0) is 19.7. The highest BCUT2D eigenvalue weighted by atomic mass is 16.6. The normalized spacial score (nSPS) is 24.2. The van der Waals surface area contributed by atoms with Gasteiger partial charge in [-0.05, 0) is 50.9 Å². The van der Waals surface area contributed by atoms with Crippen molar-refractivity contribution < 1.29 is 14.6 Å². The van der Waals surface area contributed by atoms with Crippen LogP contribution in [0.15, 0.2) is 12.1 Å². The number of nitrogens with zero attached hydrogens (tertiary/aromatic N) is 6. The van der Waals surface area contributed by atoms with Gasteiger partial charge in [-0.15, -0.1) is 15.3 Å². The summed E-state index contributed by atoms with van der Waals surface area (Å²) in [6.45, 7) is 6.33. The molecule has 3 fully saturated rings. The van der Waals surface area contributed by atoms with E-state index in [2.05, 4.69) is 26.1 Å². The summed E-state index contributed by atoms with van der Waals surface area (Å²) < 4.78 is 12.9. The van der Waals surface area contributed by atoms with Gasteiger partial charge in [0.2, 0.25) is 0 Å². The van der Waals surface area contributed by atoms with Gasteiger partial charge in [0.05, 0.1) is 26.4 Å². The minimum atomic E-state index is -0.920. The fourth-order valence-corrected chi connectivity index (χ4v) is 4.71. The summed E-state index contributed by atoms with van der Waals surface area (Å²) in [4.78, 5) is 4.64. The summed E-state index contributed by atoms with van der Waals surface area (Å²) in [5, 5.41) is 24.5. The van der Waals surface area contributed by atoms with Crippen LogP contribution in [-0.2, 0) is 9.47 Å². The van der Waals surface area contributed by atoms with Gasteiger partial charge in [0.1, 0.15) is 11.4 Å². The summed E-state index contributed by atoms with van der Waals surface area (Å²) in [6, 6.07) is 4.08. The van der Waals surface area contributed by atoms with Gasteiger partial charge in [0, 0.05) is 25.6 Å². The first-order valence-corrected chi connectivity index (χ1v) is 10.8. The first kappa shape index (κ1) is 19.2. The molecule has 0 amide bonds. The molecule has 158 valence electrons. The van der Waals surface area contributed by atoms with Crippen LogP contribution in [0.4, 0.5) is 5.82 Å². The summed E-state index contributed by atoms with van der Waals surface area (Å²) in [5.74, 6) is 2.31. The molecule has 0 unspecified atom stereocenters. The number of hydrogen-bond acceptors (Lipinski definition) is 8. The second-order valence-corrected chi connectivity index (χ2v) is 8.59. The van der Waals surface area contributed by atoms with Gasteiger partial charge < -0.3 is 24.4 Å². The fourth-order valence-electron chi connectivity index (χ4n) is 4.71. The van der Waals surface area contributed by atoms with Crippen LogP contribution in [0.1, 0.15) is 37.4 Å². The third-order valence-corrected chi connectivity index (χ3v) is 6.29. The SMILES string of the molecule is OC1(CN2CCC(c3nnc4ccc(N5CCCC5)nn34)CC2)COCCOC1. The molecule has 5 rings (SSSR count). The summed E-state index contributed by atoms with van der Waals surface area (Å²) >= 11 is 0. The van der Waals surface area contributed by atoms with Gasteiger partial charge in [-0.1, -0.05) is 0 Å². The predicted octanol–water partition coefficient (Wildman–Crippen LogP) is 0.682. The molecule has 3 saturated heterocycles. The largest absolute Gasteiger partial charge is 0.384 e. The van der Waals surface area contributed by atoms with E-state index in [4.69, 9.17) is 14.6 Å². The van der Waals surface area contributed by atoms with E-state index in [0.717, 1.165) is 56.3 Å². The number of aromatic nitrogens is 4. The van der Waals surface area contributed by atoms with Crippen LogP contribution in [0.5, 0.6) is 0 Å². The minimum Gasteiger partial charge on any atom is -0.384 e. The molecule has 0 radical (unpaired) electrons. The van der Waals surface area contributed by atoms with Crippen LogP contribution in [0.3, 0.4) is 0 Å². The van der Waals surface area contributed by atoms with E-state index in [0.29, 0.717) is 38.9 Å². The average molecular weight is 402 g/mol. The number of rotatable bonds is 4. The Labute approximate surface area is 170 Å². The highest BCUT2D eigenvalue weighted by molar-refractivity contribution is 5.46. The van der Waals surface area contributed by atoms with Gasteiger partial charge in [-0.3, -0.25) is 0 Å². The summed E-state index contributed by atoms with van der Waals surface area (Å²) in [5.41, 5.74) is -0.107. The Morgan fingerprint density at radius 3 is 2.45 bits per heavy atom. The van der Waals surface area contributed by atoms with E-state index in [1.807, 2.05) is 10.6 Å². The smallest absolute Gasteiger partial charge is 0.178 e. The molecule has 2 aromatic rings. The molecule has 5 heterocycles. The number of hydrogen-bond donors (Lipinski definition) is 1. The van der Waals surface area contributed by atoms with Crippen molar-refractivity contribution in [3.63, 3.8) is 0 Å². The Morgan fingerprint density at radius 2 is 1.72 bits per heavy atom.